The Kier molecular flexibility index (Phi) is 4.81. The molecule has 0 aliphatic carbocycles. The van der Waals surface area contributed by atoms with Gasteiger partial charge in [-0.25, -0.2) is 9.78 Å². The Hall–Kier alpha value is -2.80. The van der Waals surface area contributed by atoms with E-state index in [2.05, 4.69) is 25.8 Å². The van der Waals surface area contributed by atoms with Crippen LogP contribution in [0.25, 0.3) is 11.6 Å². The van der Waals surface area contributed by atoms with Crippen LogP contribution in [0.2, 0.25) is 5.02 Å². The molecule has 0 aliphatic heterocycles. The summed E-state index contributed by atoms with van der Waals surface area (Å²) in [6.07, 6.45) is 1.55. The van der Waals surface area contributed by atoms with Gasteiger partial charge in [0.1, 0.15) is 5.82 Å². The molecule has 1 aromatic carbocycles. The first kappa shape index (κ1) is 16.1. The molecule has 0 spiro atoms. The molecule has 3 aromatic rings. The van der Waals surface area contributed by atoms with Gasteiger partial charge >= 0.3 is 6.03 Å². The van der Waals surface area contributed by atoms with E-state index in [1.165, 1.54) is 0 Å². The van der Waals surface area contributed by atoms with Gasteiger partial charge in [-0.1, -0.05) is 23.7 Å². The van der Waals surface area contributed by atoms with Crippen LogP contribution in [0.4, 0.5) is 4.79 Å². The summed E-state index contributed by atoms with van der Waals surface area (Å²) in [5, 5.41) is 13.0. The van der Waals surface area contributed by atoms with Gasteiger partial charge in [0.25, 0.3) is 0 Å². The van der Waals surface area contributed by atoms with Gasteiger partial charge in [0.2, 0.25) is 5.82 Å². The summed E-state index contributed by atoms with van der Waals surface area (Å²) < 4.78 is 5.21. The fraction of sp³-hybridized carbons (Fsp3) is 0.188. The molecule has 124 valence electrons. The smallest absolute Gasteiger partial charge is 0.315 e. The molecule has 8 heteroatoms. The molecule has 3 N–H and O–H groups in total. The maximum atomic E-state index is 12.0. The maximum Gasteiger partial charge on any atom is 0.315 e. The molecule has 0 fully saturated rings. The van der Waals surface area contributed by atoms with Crippen molar-refractivity contribution in [3.63, 3.8) is 0 Å². The average Bonchev–Trinajstić information content (AvgIpc) is 3.24. The van der Waals surface area contributed by atoms with Gasteiger partial charge in [-0.15, -0.1) is 5.10 Å². The van der Waals surface area contributed by atoms with E-state index in [9.17, 15) is 4.79 Å². The number of amides is 2. The molecular formula is C16H16ClN5O2. The van der Waals surface area contributed by atoms with Crippen LogP contribution in [0.1, 0.15) is 24.4 Å². The van der Waals surface area contributed by atoms with Gasteiger partial charge in [0, 0.05) is 5.02 Å². The molecule has 0 saturated carbocycles. The molecule has 24 heavy (non-hydrogen) atoms. The van der Waals surface area contributed by atoms with Gasteiger partial charge in [-0.3, -0.25) is 5.10 Å². The summed E-state index contributed by atoms with van der Waals surface area (Å²) >= 11 is 5.96. The zero-order valence-corrected chi connectivity index (χ0v) is 13.7. The van der Waals surface area contributed by atoms with E-state index in [1.54, 1.807) is 24.5 Å². The highest BCUT2D eigenvalue weighted by Crippen LogP contribution is 2.17. The summed E-state index contributed by atoms with van der Waals surface area (Å²) in [5.74, 6) is 1.55. The van der Waals surface area contributed by atoms with Crippen molar-refractivity contribution in [1.82, 2.24) is 25.8 Å². The molecule has 0 unspecified atom stereocenters. The summed E-state index contributed by atoms with van der Waals surface area (Å²) in [6.45, 7) is 2.11. The number of carbonyl (C=O) groups excluding carboxylic acids is 1. The van der Waals surface area contributed by atoms with Crippen molar-refractivity contribution < 1.29 is 9.21 Å². The first-order chi connectivity index (χ1) is 11.6. The minimum Gasteiger partial charge on any atom is -0.461 e. The van der Waals surface area contributed by atoms with E-state index in [4.69, 9.17) is 16.0 Å². The normalized spacial score (nSPS) is 11.9. The third-order valence-corrected chi connectivity index (χ3v) is 3.62. The van der Waals surface area contributed by atoms with E-state index in [-0.39, 0.29) is 18.6 Å². The molecule has 0 saturated heterocycles. The SMILES string of the molecule is C[C@H](NC(=O)NCc1nc(-c2ccco2)n[nH]1)c1cccc(Cl)c1. The second kappa shape index (κ2) is 7.18. The van der Waals surface area contributed by atoms with Crippen LogP contribution in [0.3, 0.4) is 0 Å². The average molecular weight is 346 g/mol. The number of furan rings is 1. The predicted molar refractivity (Wildman–Crippen MR) is 89.3 cm³/mol. The van der Waals surface area contributed by atoms with Crippen LogP contribution in [-0.2, 0) is 6.54 Å². The highest BCUT2D eigenvalue weighted by Gasteiger charge is 2.12. The van der Waals surface area contributed by atoms with Gasteiger partial charge in [0.05, 0.1) is 18.8 Å². The zero-order chi connectivity index (χ0) is 16.9. The molecule has 0 radical (unpaired) electrons. The van der Waals surface area contributed by atoms with Crippen molar-refractivity contribution in [3.05, 3.63) is 59.1 Å². The third kappa shape index (κ3) is 3.94. The number of nitrogens with zero attached hydrogens (tertiary/aromatic N) is 2. The number of urea groups is 1. The lowest BCUT2D eigenvalue weighted by atomic mass is 10.1. The molecule has 2 aromatic heterocycles. The minimum atomic E-state index is -0.307. The van der Waals surface area contributed by atoms with Gasteiger partial charge in [-0.05, 0) is 36.8 Å². The molecule has 1 atom stereocenters. The van der Waals surface area contributed by atoms with E-state index >= 15 is 0 Å². The van der Waals surface area contributed by atoms with Crippen LogP contribution in [-0.4, -0.2) is 21.2 Å². The number of nitrogens with one attached hydrogen (secondary N) is 3. The lowest BCUT2D eigenvalue weighted by molar-refractivity contribution is 0.237. The quantitative estimate of drug-likeness (QED) is 0.661. The highest BCUT2D eigenvalue weighted by atomic mass is 35.5. The summed E-state index contributed by atoms with van der Waals surface area (Å²) in [5.41, 5.74) is 0.928. The molecule has 3 rings (SSSR count). The second-order valence-electron chi connectivity index (χ2n) is 5.19. The standard InChI is InChI=1S/C16H16ClN5O2/c1-10(11-4-2-5-12(17)8-11)19-16(23)18-9-14-20-15(22-21-14)13-6-3-7-24-13/h2-8,10H,9H2,1H3,(H2,18,19,23)(H,20,21,22)/t10-/m0/s1. The lowest BCUT2D eigenvalue weighted by Crippen LogP contribution is -2.36. The van der Waals surface area contributed by atoms with Crippen molar-refractivity contribution >= 4 is 17.6 Å². The first-order valence-corrected chi connectivity index (χ1v) is 7.74. The highest BCUT2D eigenvalue weighted by molar-refractivity contribution is 6.30. The lowest BCUT2D eigenvalue weighted by Gasteiger charge is -2.14. The number of H-pyrrole nitrogens is 1. The summed E-state index contributed by atoms with van der Waals surface area (Å²) in [6, 6.07) is 10.4. The molecular weight excluding hydrogens is 330 g/mol. The predicted octanol–water partition coefficient (Wildman–Crippen LogP) is 3.28. The van der Waals surface area contributed by atoms with Gasteiger partial charge < -0.3 is 15.1 Å². The number of benzene rings is 1. The number of hydrogen-bond acceptors (Lipinski definition) is 4. The van der Waals surface area contributed by atoms with E-state index in [0.29, 0.717) is 22.4 Å². The molecule has 2 amide bonds. The Morgan fingerprint density at radius 3 is 3.00 bits per heavy atom. The van der Waals surface area contributed by atoms with Gasteiger partial charge in [0.15, 0.2) is 5.76 Å². The van der Waals surface area contributed by atoms with Crippen molar-refractivity contribution in [2.24, 2.45) is 0 Å². The maximum absolute atomic E-state index is 12.0. The van der Waals surface area contributed by atoms with Crippen LogP contribution >= 0.6 is 11.6 Å². The van der Waals surface area contributed by atoms with Crippen molar-refractivity contribution in [2.75, 3.05) is 0 Å². The molecule has 0 bridgehead atoms. The Labute approximate surface area is 143 Å². The number of hydrogen-bond donors (Lipinski definition) is 3. The third-order valence-electron chi connectivity index (χ3n) is 3.39. The molecule has 0 aliphatic rings. The number of halogens is 1. The van der Waals surface area contributed by atoms with E-state index in [1.807, 2.05) is 25.1 Å². The second-order valence-corrected chi connectivity index (χ2v) is 5.62. The first-order valence-electron chi connectivity index (χ1n) is 7.37. The van der Waals surface area contributed by atoms with Crippen LogP contribution in [0.15, 0.2) is 47.1 Å². The number of aromatic amines is 1. The summed E-state index contributed by atoms with van der Waals surface area (Å²) in [7, 11) is 0. The summed E-state index contributed by atoms with van der Waals surface area (Å²) in [4.78, 5) is 16.2. The van der Waals surface area contributed by atoms with E-state index < -0.39 is 0 Å². The Morgan fingerprint density at radius 1 is 1.38 bits per heavy atom. The number of carbonyl (C=O) groups is 1. The Balaban J connectivity index is 1.52. The van der Waals surface area contributed by atoms with Crippen LogP contribution in [0.5, 0.6) is 0 Å². The Bertz CT molecular complexity index is 816. The van der Waals surface area contributed by atoms with Crippen molar-refractivity contribution in [3.8, 4) is 11.6 Å². The topological polar surface area (TPSA) is 95.8 Å². The molecule has 2 heterocycles. The fourth-order valence-corrected chi connectivity index (χ4v) is 2.36. The monoisotopic (exact) mass is 345 g/mol. The zero-order valence-electron chi connectivity index (χ0n) is 12.9. The number of rotatable bonds is 5. The van der Waals surface area contributed by atoms with Crippen molar-refractivity contribution in [1.29, 1.82) is 0 Å². The van der Waals surface area contributed by atoms with Crippen LogP contribution in [0, 0.1) is 0 Å². The largest absolute Gasteiger partial charge is 0.461 e. The van der Waals surface area contributed by atoms with Crippen molar-refractivity contribution in [2.45, 2.75) is 19.5 Å². The van der Waals surface area contributed by atoms with E-state index in [0.717, 1.165) is 5.56 Å². The minimum absolute atomic E-state index is 0.169. The number of aromatic nitrogens is 3. The fourth-order valence-electron chi connectivity index (χ4n) is 2.16. The Morgan fingerprint density at radius 2 is 2.25 bits per heavy atom. The van der Waals surface area contributed by atoms with Gasteiger partial charge in [-0.2, -0.15) is 0 Å². The van der Waals surface area contributed by atoms with Crippen LogP contribution < -0.4 is 10.6 Å². The molecule has 7 nitrogen and oxygen atoms in total.